The molecule has 1 aliphatic heterocycles. The van der Waals surface area contributed by atoms with Crippen molar-refractivity contribution in [1.82, 2.24) is 9.80 Å². The quantitative estimate of drug-likeness (QED) is 0.793. The van der Waals surface area contributed by atoms with Crippen molar-refractivity contribution in [2.75, 3.05) is 26.7 Å². The van der Waals surface area contributed by atoms with Crippen molar-refractivity contribution in [3.63, 3.8) is 0 Å². The van der Waals surface area contributed by atoms with Gasteiger partial charge in [0.15, 0.2) is 0 Å². The number of nitrogens with zero attached hydrogens (tertiary/aromatic N) is 2. The first-order valence-corrected chi connectivity index (χ1v) is 6.90. The van der Waals surface area contributed by atoms with Crippen LogP contribution >= 0.6 is 0 Å². The van der Waals surface area contributed by atoms with E-state index >= 15 is 0 Å². The lowest BCUT2D eigenvalue weighted by Crippen LogP contribution is -2.44. The zero-order chi connectivity index (χ0) is 12.3. The van der Waals surface area contributed by atoms with Gasteiger partial charge in [-0.25, -0.2) is 0 Å². The molecule has 98 valence electrons. The molecule has 0 bridgehead atoms. The van der Waals surface area contributed by atoms with Crippen LogP contribution in [0, 0.1) is 0 Å². The number of nitrogens with two attached hydrogens (primary N) is 1. The van der Waals surface area contributed by atoms with Crippen LogP contribution in [-0.4, -0.2) is 54.5 Å². The minimum Gasteiger partial charge on any atom is -0.342 e. The molecule has 2 N–H and O–H groups in total. The fourth-order valence-electron chi connectivity index (χ4n) is 2.98. The Hall–Kier alpha value is -0.610. The molecular weight excluding hydrogens is 214 g/mol. The molecule has 1 saturated heterocycles. The van der Waals surface area contributed by atoms with E-state index in [-0.39, 0.29) is 11.9 Å². The number of amides is 1. The Balaban J connectivity index is 1.78. The van der Waals surface area contributed by atoms with Crippen LogP contribution in [-0.2, 0) is 4.79 Å². The van der Waals surface area contributed by atoms with Crippen LogP contribution < -0.4 is 5.73 Å². The summed E-state index contributed by atoms with van der Waals surface area (Å²) >= 11 is 0. The van der Waals surface area contributed by atoms with Crippen molar-refractivity contribution < 1.29 is 4.79 Å². The minimum absolute atomic E-state index is 0.266. The molecule has 0 aromatic rings. The summed E-state index contributed by atoms with van der Waals surface area (Å²) in [5.74, 6) is 0.269. The molecule has 4 nitrogen and oxygen atoms in total. The zero-order valence-electron chi connectivity index (χ0n) is 10.9. The largest absolute Gasteiger partial charge is 0.342 e. The third-order valence-electron chi connectivity index (χ3n) is 4.18. The van der Waals surface area contributed by atoms with Crippen LogP contribution in [0.3, 0.4) is 0 Å². The van der Waals surface area contributed by atoms with E-state index < -0.39 is 0 Å². The third kappa shape index (κ3) is 3.42. The Bertz CT molecular complexity index is 263. The Morgan fingerprint density at radius 2 is 2.00 bits per heavy atom. The summed E-state index contributed by atoms with van der Waals surface area (Å²) in [5, 5.41) is 0. The maximum absolute atomic E-state index is 12.1. The molecule has 0 spiro atoms. The van der Waals surface area contributed by atoms with E-state index in [1.807, 2.05) is 11.9 Å². The van der Waals surface area contributed by atoms with Gasteiger partial charge in [0.05, 0.1) is 6.54 Å². The van der Waals surface area contributed by atoms with Crippen LogP contribution in [0.25, 0.3) is 0 Å². The van der Waals surface area contributed by atoms with Crippen molar-refractivity contribution in [3.05, 3.63) is 0 Å². The average molecular weight is 239 g/mol. The molecule has 2 aliphatic rings. The summed E-state index contributed by atoms with van der Waals surface area (Å²) in [6.45, 7) is 2.41. The SMILES string of the molecule is CN(C(=O)CN1CC[C@H](N)C1)C1CCCCC1. The second-order valence-corrected chi connectivity index (χ2v) is 5.58. The highest BCUT2D eigenvalue weighted by Crippen LogP contribution is 2.21. The van der Waals surface area contributed by atoms with Gasteiger partial charge in [-0.15, -0.1) is 0 Å². The highest BCUT2D eigenvalue weighted by Gasteiger charge is 2.26. The topological polar surface area (TPSA) is 49.6 Å². The minimum atomic E-state index is 0.266. The summed E-state index contributed by atoms with van der Waals surface area (Å²) in [4.78, 5) is 16.3. The first-order valence-electron chi connectivity index (χ1n) is 6.90. The second kappa shape index (κ2) is 5.83. The number of hydrogen-bond donors (Lipinski definition) is 1. The van der Waals surface area contributed by atoms with Crippen molar-refractivity contribution in [1.29, 1.82) is 0 Å². The fourth-order valence-corrected chi connectivity index (χ4v) is 2.98. The smallest absolute Gasteiger partial charge is 0.236 e. The Kier molecular flexibility index (Phi) is 4.40. The number of carbonyl (C=O) groups is 1. The van der Waals surface area contributed by atoms with E-state index in [0.717, 1.165) is 19.5 Å². The average Bonchev–Trinajstić information content (AvgIpc) is 2.75. The van der Waals surface area contributed by atoms with Gasteiger partial charge < -0.3 is 10.6 Å². The molecule has 1 saturated carbocycles. The van der Waals surface area contributed by atoms with E-state index in [1.165, 1.54) is 32.1 Å². The van der Waals surface area contributed by atoms with Crippen LogP contribution in [0.15, 0.2) is 0 Å². The van der Waals surface area contributed by atoms with Gasteiger partial charge in [-0.05, 0) is 19.3 Å². The van der Waals surface area contributed by atoms with Gasteiger partial charge >= 0.3 is 0 Å². The van der Waals surface area contributed by atoms with Crippen molar-refractivity contribution in [2.45, 2.75) is 50.6 Å². The third-order valence-corrected chi connectivity index (χ3v) is 4.18. The Labute approximate surface area is 104 Å². The monoisotopic (exact) mass is 239 g/mol. The summed E-state index contributed by atoms with van der Waals surface area (Å²) in [6.07, 6.45) is 7.27. The summed E-state index contributed by atoms with van der Waals surface area (Å²) in [6, 6.07) is 0.746. The Morgan fingerprint density at radius 3 is 2.59 bits per heavy atom. The number of rotatable bonds is 3. The van der Waals surface area contributed by atoms with E-state index in [9.17, 15) is 4.79 Å². The predicted octanol–water partition coefficient (Wildman–Crippen LogP) is 0.811. The molecule has 0 radical (unpaired) electrons. The molecule has 2 fully saturated rings. The number of carbonyl (C=O) groups excluding carboxylic acids is 1. The number of likely N-dealkylation sites (N-methyl/N-ethyl adjacent to an activating group) is 1. The highest BCUT2D eigenvalue weighted by molar-refractivity contribution is 5.78. The molecule has 2 rings (SSSR count). The molecular formula is C13H25N3O. The van der Waals surface area contributed by atoms with Gasteiger partial charge in [-0.1, -0.05) is 19.3 Å². The van der Waals surface area contributed by atoms with Gasteiger partial charge in [0.25, 0.3) is 0 Å². The predicted molar refractivity (Wildman–Crippen MR) is 68.7 cm³/mol. The van der Waals surface area contributed by atoms with Gasteiger partial charge in [-0.2, -0.15) is 0 Å². The summed E-state index contributed by atoms with van der Waals surface area (Å²) in [7, 11) is 1.97. The van der Waals surface area contributed by atoms with E-state index in [1.54, 1.807) is 0 Å². The number of likely N-dealkylation sites (tertiary alicyclic amines) is 1. The number of hydrogen-bond acceptors (Lipinski definition) is 3. The van der Waals surface area contributed by atoms with Gasteiger partial charge in [0.1, 0.15) is 0 Å². The second-order valence-electron chi connectivity index (χ2n) is 5.58. The molecule has 0 aromatic carbocycles. The normalized spacial score (nSPS) is 27.3. The molecule has 1 aliphatic carbocycles. The maximum Gasteiger partial charge on any atom is 0.236 e. The van der Waals surface area contributed by atoms with E-state index in [0.29, 0.717) is 12.6 Å². The van der Waals surface area contributed by atoms with Crippen LogP contribution in [0.5, 0.6) is 0 Å². The molecule has 1 atom stereocenters. The fraction of sp³-hybridized carbons (Fsp3) is 0.923. The van der Waals surface area contributed by atoms with E-state index in [4.69, 9.17) is 5.73 Å². The van der Waals surface area contributed by atoms with Crippen LogP contribution in [0.2, 0.25) is 0 Å². The van der Waals surface area contributed by atoms with Crippen molar-refractivity contribution in [2.24, 2.45) is 5.73 Å². The van der Waals surface area contributed by atoms with Crippen molar-refractivity contribution >= 4 is 5.91 Å². The summed E-state index contributed by atoms with van der Waals surface area (Å²) < 4.78 is 0. The highest BCUT2D eigenvalue weighted by atomic mass is 16.2. The molecule has 0 unspecified atom stereocenters. The standard InChI is InChI=1S/C13H25N3O/c1-15(12-5-3-2-4-6-12)13(17)10-16-8-7-11(14)9-16/h11-12H,2-10,14H2,1H3/t11-/m0/s1. The first-order chi connectivity index (χ1) is 8.16. The Morgan fingerprint density at radius 1 is 1.29 bits per heavy atom. The van der Waals surface area contributed by atoms with Crippen LogP contribution in [0.1, 0.15) is 38.5 Å². The molecule has 1 heterocycles. The maximum atomic E-state index is 12.1. The van der Waals surface area contributed by atoms with Gasteiger partial charge in [-0.3, -0.25) is 9.69 Å². The molecule has 1 amide bonds. The van der Waals surface area contributed by atoms with Crippen molar-refractivity contribution in [3.8, 4) is 0 Å². The van der Waals surface area contributed by atoms with Crippen LogP contribution in [0.4, 0.5) is 0 Å². The van der Waals surface area contributed by atoms with E-state index in [2.05, 4.69) is 4.90 Å². The summed E-state index contributed by atoms with van der Waals surface area (Å²) in [5.41, 5.74) is 5.85. The lowest BCUT2D eigenvalue weighted by molar-refractivity contribution is -0.133. The molecule has 4 heteroatoms. The zero-order valence-corrected chi connectivity index (χ0v) is 10.9. The van der Waals surface area contributed by atoms with Gasteiger partial charge in [0, 0.05) is 32.2 Å². The lowest BCUT2D eigenvalue weighted by Gasteiger charge is -2.32. The first kappa shape index (κ1) is 12.8. The molecule has 17 heavy (non-hydrogen) atoms. The lowest BCUT2D eigenvalue weighted by atomic mass is 9.94. The van der Waals surface area contributed by atoms with Gasteiger partial charge in [0.2, 0.25) is 5.91 Å². The molecule has 0 aromatic heterocycles.